The van der Waals surface area contributed by atoms with Crippen LogP contribution in [0.15, 0.2) is 59.1 Å². The number of carbonyl (C=O) groups excluding carboxylic acids is 1. The Kier molecular flexibility index (Phi) is 5.89. The summed E-state index contributed by atoms with van der Waals surface area (Å²) in [7, 11) is 1.56. The average molecular weight is 404 g/mol. The van der Waals surface area contributed by atoms with Gasteiger partial charge in [-0.05, 0) is 36.1 Å². The van der Waals surface area contributed by atoms with E-state index >= 15 is 0 Å². The van der Waals surface area contributed by atoms with Crippen LogP contribution in [0.25, 0.3) is 0 Å². The Morgan fingerprint density at radius 1 is 1.16 bits per heavy atom. The van der Waals surface area contributed by atoms with Crippen molar-refractivity contribution >= 4 is 21.8 Å². The van der Waals surface area contributed by atoms with Gasteiger partial charge in [0.15, 0.2) is 6.10 Å². The van der Waals surface area contributed by atoms with Crippen LogP contribution >= 0.6 is 15.9 Å². The molecule has 1 fully saturated rings. The summed E-state index contributed by atoms with van der Waals surface area (Å²) in [5.41, 5.74) is 1.49. The smallest absolute Gasteiger partial charge is 0.254 e. The SMILES string of the molecule is CO[C@H](C(=O)NC1(c2cccc(Br)c2)CCOCC1)c1ccccc1. The molecule has 4 nitrogen and oxygen atoms in total. The lowest BCUT2D eigenvalue weighted by molar-refractivity contribution is -0.135. The van der Waals surface area contributed by atoms with Crippen LogP contribution in [0.2, 0.25) is 0 Å². The Morgan fingerprint density at radius 2 is 1.88 bits per heavy atom. The summed E-state index contributed by atoms with van der Waals surface area (Å²) in [6.07, 6.45) is 0.842. The molecule has 1 heterocycles. The molecule has 25 heavy (non-hydrogen) atoms. The number of nitrogens with one attached hydrogen (secondary N) is 1. The Labute approximate surface area is 156 Å². The topological polar surface area (TPSA) is 47.6 Å². The molecule has 0 spiro atoms. The van der Waals surface area contributed by atoms with E-state index in [9.17, 15) is 4.79 Å². The van der Waals surface area contributed by atoms with Gasteiger partial charge < -0.3 is 14.8 Å². The number of ether oxygens (including phenoxy) is 2. The van der Waals surface area contributed by atoms with Crippen molar-refractivity contribution < 1.29 is 14.3 Å². The van der Waals surface area contributed by atoms with Gasteiger partial charge in [-0.2, -0.15) is 0 Å². The number of hydrogen-bond acceptors (Lipinski definition) is 3. The highest BCUT2D eigenvalue weighted by Gasteiger charge is 2.38. The molecular weight excluding hydrogens is 382 g/mol. The van der Waals surface area contributed by atoms with Crippen LogP contribution in [0.5, 0.6) is 0 Å². The normalized spacial score (nSPS) is 17.7. The highest BCUT2D eigenvalue weighted by atomic mass is 79.9. The van der Waals surface area contributed by atoms with Gasteiger partial charge in [-0.25, -0.2) is 0 Å². The quantitative estimate of drug-likeness (QED) is 0.821. The fourth-order valence-corrected chi connectivity index (χ4v) is 3.71. The van der Waals surface area contributed by atoms with E-state index in [1.807, 2.05) is 42.5 Å². The summed E-state index contributed by atoms with van der Waals surface area (Å²) in [5.74, 6) is -0.129. The van der Waals surface area contributed by atoms with Crippen LogP contribution in [-0.2, 0) is 19.8 Å². The van der Waals surface area contributed by atoms with E-state index in [0.717, 1.165) is 28.4 Å². The Morgan fingerprint density at radius 3 is 2.52 bits per heavy atom. The maximum Gasteiger partial charge on any atom is 0.254 e. The van der Waals surface area contributed by atoms with Crippen molar-refractivity contribution in [2.75, 3.05) is 20.3 Å². The third-order valence-corrected chi connectivity index (χ3v) is 5.16. The maximum atomic E-state index is 13.0. The molecule has 1 aliphatic rings. The van der Waals surface area contributed by atoms with Gasteiger partial charge in [0, 0.05) is 24.8 Å². The molecule has 3 rings (SSSR count). The molecule has 1 N–H and O–H groups in total. The summed E-state index contributed by atoms with van der Waals surface area (Å²) in [5, 5.41) is 3.26. The number of hydrogen-bond donors (Lipinski definition) is 1. The largest absolute Gasteiger partial charge is 0.381 e. The van der Waals surface area contributed by atoms with Crippen LogP contribution in [-0.4, -0.2) is 26.2 Å². The summed E-state index contributed by atoms with van der Waals surface area (Å²) >= 11 is 3.53. The predicted molar refractivity (Wildman–Crippen MR) is 100 cm³/mol. The van der Waals surface area contributed by atoms with E-state index in [4.69, 9.17) is 9.47 Å². The lowest BCUT2D eigenvalue weighted by atomic mass is 9.82. The Hall–Kier alpha value is -1.69. The lowest BCUT2D eigenvalue weighted by Crippen LogP contribution is -2.51. The fraction of sp³-hybridized carbons (Fsp3) is 0.350. The number of amides is 1. The first-order valence-electron chi connectivity index (χ1n) is 8.38. The minimum Gasteiger partial charge on any atom is -0.381 e. The Balaban J connectivity index is 1.88. The van der Waals surface area contributed by atoms with E-state index in [2.05, 4.69) is 33.4 Å². The zero-order valence-electron chi connectivity index (χ0n) is 14.2. The van der Waals surface area contributed by atoms with Crippen molar-refractivity contribution in [1.29, 1.82) is 0 Å². The molecule has 1 atom stereocenters. The molecule has 1 amide bonds. The highest BCUT2D eigenvalue weighted by Crippen LogP contribution is 2.34. The van der Waals surface area contributed by atoms with E-state index in [-0.39, 0.29) is 5.91 Å². The fourth-order valence-electron chi connectivity index (χ4n) is 3.32. The molecule has 2 aromatic carbocycles. The van der Waals surface area contributed by atoms with Crippen LogP contribution in [0.3, 0.4) is 0 Å². The minimum atomic E-state index is -0.631. The van der Waals surface area contributed by atoms with Crippen molar-refractivity contribution in [2.45, 2.75) is 24.5 Å². The van der Waals surface area contributed by atoms with Crippen molar-refractivity contribution in [1.82, 2.24) is 5.32 Å². The van der Waals surface area contributed by atoms with E-state index < -0.39 is 11.6 Å². The second-order valence-corrected chi connectivity index (χ2v) is 7.14. The summed E-state index contributed by atoms with van der Waals surface area (Å²) in [4.78, 5) is 13.0. The molecule has 0 aromatic heterocycles. The summed E-state index contributed by atoms with van der Waals surface area (Å²) in [6.45, 7) is 1.24. The zero-order chi connectivity index (χ0) is 17.7. The predicted octanol–water partition coefficient (Wildman–Crippen LogP) is 3.96. The van der Waals surface area contributed by atoms with E-state index in [1.165, 1.54) is 0 Å². The molecule has 0 bridgehead atoms. The van der Waals surface area contributed by atoms with Crippen LogP contribution in [0.4, 0.5) is 0 Å². The zero-order valence-corrected chi connectivity index (χ0v) is 15.8. The van der Waals surface area contributed by atoms with Crippen molar-refractivity contribution in [3.05, 3.63) is 70.2 Å². The lowest BCUT2D eigenvalue weighted by Gasteiger charge is -2.39. The number of rotatable bonds is 5. The third kappa shape index (κ3) is 4.11. The summed E-state index contributed by atoms with van der Waals surface area (Å²) < 4.78 is 12.0. The average Bonchev–Trinajstić information content (AvgIpc) is 2.64. The highest BCUT2D eigenvalue weighted by molar-refractivity contribution is 9.10. The minimum absolute atomic E-state index is 0.129. The second-order valence-electron chi connectivity index (χ2n) is 6.22. The maximum absolute atomic E-state index is 13.0. The first kappa shape index (κ1) is 18.1. The van der Waals surface area contributed by atoms with Gasteiger partial charge in [0.1, 0.15) is 0 Å². The number of benzene rings is 2. The van der Waals surface area contributed by atoms with Gasteiger partial charge in [0.05, 0.1) is 5.54 Å². The van der Waals surface area contributed by atoms with Crippen LogP contribution in [0.1, 0.15) is 30.1 Å². The van der Waals surface area contributed by atoms with Crippen molar-refractivity contribution in [3.8, 4) is 0 Å². The number of carbonyl (C=O) groups is 1. The van der Waals surface area contributed by atoms with E-state index in [1.54, 1.807) is 7.11 Å². The van der Waals surface area contributed by atoms with Gasteiger partial charge in [-0.1, -0.05) is 58.4 Å². The van der Waals surface area contributed by atoms with Crippen LogP contribution < -0.4 is 5.32 Å². The molecule has 1 aliphatic heterocycles. The van der Waals surface area contributed by atoms with Gasteiger partial charge in [0.2, 0.25) is 0 Å². The van der Waals surface area contributed by atoms with Crippen molar-refractivity contribution in [3.63, 3.8) is 0 Å². The van der Waals surface area contributed by atoms with Gasteiger partial charge in [0.25, 0.3) is 5.91 Å². The molecule has 0 radical (unpaired) electrons. The summed E-state index contributed by atoms with van der Waals surface area (Å²) in [6, 6.07) is 17.7. The van der Waals surface area contributed by atoms with E-state index in [0.29, 0.717) is 13.2 Å². The molecule has 0 unspecified atom stereocenters. The first-order chi connectivity index (χ1) is 12.1. The van der Waals surface area contributed by atoms with Crippen LogP contribution in [0, 0.1) is 0 Å². The molecule has 132 valence electrons. The number of halogens is 1. The van der Waals surface area contributed by atoms with Crippen molar-refractivity contribution in [2.24, 2.45) is 0 Å². The molecule has 0 aliphatic carbocycles. The molecule has 5 heteroatoms. The third-order valence-electron chi connectivity index (χ3n) is 4.66. The molecule has 1 saturated heterocycles. The van der Waals surface area contributed by atoms with Gasteiger partial charge in [-0.15, -0.1) is 0 Å². The monoisotopic (exact) mass is 403 g/mol. The second kappa shape index (κ2) is 8.13. The number of methoxy groups -OCH3 is 1. The first-order valence-corrected chi connectivity index (χ1v) is 9.17. The standard InChI is InChI=1S/C20H22BrNO3/c1-24-18(15-6-3-2-4-7-15)19(23)22-20(10-12-25-13-11-20)16-8-5-9-17(21)14-16/h2-9,14,18H,10-13H2,1H3,(H,22,23)/t18-/m0/s1. The Bertz CT molecular complexity index is 714. The van der Waals surface area contributed by atoms with Gasteiger partial charge >= 0.3 is 0 Å². The van der Waals surface area contributed by atoms with Gasteiger partial charge in [-0.3, -0.25) is 4.79 Å². The molecular formula is C20H22BrNO3. The molecule has 0 saturated carbocycles. The molecule has 2 aromatic rings.